The van der Waals surface area contributed by atoms with Crippen molar-refractivity contribution < 1.29 is 13.2 Å². The van der Waals surface area contributed by atoms with Crippen molar-refractivity contribution in [2.24, 2.45) is 0 Å². The largest absolute Gasteiger partial charge is 0.397 e. The van der Waals surface area contributed by atoms with E-state index in [1.165, 1.54) is 49.4 Å². The summed E-state index contributed by atoms with van der Waals surface area (Å²) in [6, 6.07) is 10.0. The maximum absolute atomic E-state index is 12.5. The first-order valence-electron chi connectivity index (χ1n) is 5.98. The van der Waals surface area contributed by atoms with Gasteiger partial charge in [-0.1, -0.05) is 11.6 Å². The number of benzene rings is 2. The van der Waals surface area contributed by atoms with E-state index in [0.29, 0.717) is 10.7 Å². The number of nitrogen functional groups attached to an aromatic ring is 1. The van der Waals surface area contributed by atoms with Gasteiger partial charge in [0.1, 0.15) is 0 Å². The minimum atomic E-state index is -3.70. The first kappa shape index (κ1) is 15.3. The number of rotatable bonds is 3. The molecule has 0 aliphatic heterocycles. The van der Waals surface area contributed by atoms with Gasteiger partial charge in [-0.25, -0.2) is 8.42 Å². The van der Waals surface area contributed by atoms with Crippen molar-refractivity contribution in [3.8, 4) is 0 Å². The van der Waals surface area contributed by atoms with E-state index in [2.05, 4.69) is 5.32 Å². The molecule has 5 nitrogen and oxygen atoms in total. The Bertz CT molecular complexity index is 786. The predicted molar refractivity (Wildman–Crippen MR) is 82.1 cm³/mol. The summed E-state index contributed by atoms with van der Waals surface area (Å²) in [6.45, 7) is 1.32. The second-order valence-corrected chi connectivity index (χ2v) is 6.77. The van der Waals surface area contributed by atoms with Crippen LogP contribution in [0.15, 0.2) is 52.3 Å². The van der Waals surface area contributed by atoms with Gasteiger partial charge in [-0.2, -0.15) is 0 Å². The highest BCUT2D eigenvalue weighted by atomic mass is 35.5. The van der Waals surface area contributed by atoms with Gasteiger partial charge < -0.3 is 11.1 Å². The number of carbonyl (C=O) groups is 1. The van der Waals surface area contributed by atoms with Crippen molar-refractivity contribution in [3.63, 3.8) is 0 Å². The summed E-state index contributed by atoms with van der Waals surface area (Å²) in [5.41, 5.74) is 6.27. The Balaban J connectivity index is 2.50. The summed E-state index contributed by atoms with van der Waals surface area (Å²) in [5.74, 6) is -0.331. The molecule has 2 aromatic carbocycles. The van der Waals surface area contributed by atoms with Gasteiger partial charge in [0.15, 0.2) is 0 Å². The number of halogens is 1. The molecule has 2 aromatic rings. The summed E-state index contributed by atoms with van der Waals surface area (Å²) in [5, 5.41) is 2.95. The third-order valence-corrected chi connectivity index (χ3v) is 4.79. The predicted octanol–water partition coefficient (Wildman–Crippen LogP) is 2.71. The standard InChI is InChI=1S/C14H13ClN2O3S/c1-9(18)17-14-8-12(6-7-13(14)16)21(19,20)11-4-2-10(15)3-5-11/h2-8H,16H2,1H3,(H,17,18). The number of nitrogens with one attached hydrogen (secondary N) is 1. The number of hydrogen-bond acceptors (Lipinski definition) is 4. The zero-order chi connectivity index (χ0) is 15.6. The lowest BCUT2D eigenvalue weighted by molar-refractivity contribution is -0.114. The number of anilines is 2. The summed E-state index contributed by atoms with van der Waals surface area (Å²) >= 11 is 5.75. The van der Waals surface area contributed by atoms with E-state index in [4.69, 9.17) is 17.3 Å². The molecular weight excluding hydrogens is 312 g/mol. The number of sulfone groups is 1. The van der Waals surface area contributed by atoms with Crippen molar-refractivity contribution in [2.45, 2.75) is 16.7 Å². The molecule has 0 atom stereocenters. The minimum absolute atomic E-state index is 0.0442. The normalized spacial score (nSPS) is 11.1. The highest BCUT2D eigenvalue weighted by Crippen LogP contribution is 2.27. The molecule has 0 unspecified atom stereocenters. The molecule has 2 rings (SSSR count). The second-order valence-electron chi connectivity index (χ2n) is 4.39. The Morgan fingerprint density at radius 1 is 1.10 bits per heavy atom. The summed E-state index contributed by atoms with van der Waals surface area (Å²) in [7, 11) is -3.70. The lowest BCUT2D eigenvalue weighted by Crippen LogP contribution is -2.10. The number of carbonyl (C=O) groups excluding carboxylic acids is 1. The van der Waals surface area contributed by atoms with Crippen LogP contribution in [0, 0.1) is 0 Å². The van der Waals surface area contributed by atoms with Gasteiger partial charge in [-0.15, -0.1) is 0 Å². The molecular formula is C14H13ClN2O3S. The fraction of sp³-hybridized carbons (Fsp3) is 0.0714. The number of hydrogen-bond donors (Lipinski definition) is 2. The molecule has 0 aliphatic rings. The third-order valence-electron chi connectivity index (χ3n) is 2.77. The maximum atomic E-state index is 12.5. The van der Waals surface area contributed by atoms with Crippen molar-refractivity contribution >= 4 is 38.7 Å². The summed E-state index contributed by atoms with van der Waals surface area (Å²) in [4.78, 5) is 11.3. The van der Waals surface area contributed by atoms with Crippen LogP contribution >= 0.6 is 11.6 Å². The maximum Gasteiger partial charge on any atom is 0.221 e. The van der Waals surface area contributed by atoms with Gasteiger partial charge in [0, 0.05) is 11.9 Å². The second kappa shape index (κ2) is 5.75. The van der Waals surface area contributed by atoms with Crippen molar-refractivity contribution in [3.05, 3.63) is 47.5 Å². The SMILES string of the molecule is CC(=O)Nc1cc(S(=O)(=O)c2ccc(Cl)cc2)ccc1N. The van der Waals surface area contributed by atoms with Crippen molar-refractivity contribution in [1.82, 2.24) is 0 Å². The van der Waals surface area contributed by atoms with Crippen LogP contribution in [0.1, 0.15) is 6.92 Å². The molecule has 3 N–H and O–H groups in total. The monoisotopic (exact) mass is 324 g/mol. The molecule has 0 fully saturated rings. The fourth-order valence-electron chi connectivity index (χ4n) is 1.75. The molecule has 21 heavy (non-hydrogen) atoms. The van der Waals surface area contributed by atoms with Crippen LogP contribution in [0.3, 0.4) is 0 Å². The van der Waals surface area contributed by atoms with Crippen LogP contribution in [-0.4, -0.2) is 14.3 Å². The van der Waals surface area contributed by atoms with Crippen molar-refractivity contribution in [2.75, 3.05) is 11.1 Å². The highest BCUT2D eigenvalue weighted by molar-refractivity contribution is 7.91. The van der Waals surface area contributed by atoms with E-state index in [1.807, 2.05) is 0 Å². The highest BCUT2D eigenvalue weighted by Gasteiger charge is 2.19. The first-order valence-corrected chi connectivity index (χ1v) is 7.84. The van der Waals surface area contributed by atoms with Gasteiger partial charge in [-0.05, 0) is 42.5 Å². The molecule has 7 heteroatoms. The average molecular weight is 325 g/mol. The van der Waals surface area contributed by atoms with Crippen LogP contribution in [0.5, 0.6) is 0 Å². The summed E-state index contributed by atoms with van der Waals surface area (Å²) in [6.07, 6.45) is 0. The van der Waals surface area contributed by atoms with E-state index in [1.54, 1.807) is 0 Å². The molecule has 0 spiro atoms. The number of amides is 1. The average Bonchev–Trinajstić information content (AvgIpc) is 2.41. The van der Waals surface area contributed by atoms with E-state index in [0.717, 1.165) is 0 Å². The van der Waals surface area contributed by atoms with Crippen LogP contribution in [-0.2, 0) is 14.6 Å². The quantitative estimate of drug-likeness (QED) is 0.849. The molecule has 0 aliphatic carbocycles. The zero-order valence-electron chi connectivity index (χ0n) is 11.1. The fourth-order valence-corrected chi connectivity index (χ4v) is 3.16. The van der Waals surface area contributed by atoms with Crippen LogP contribution in [0.25, 0.3) is 0 Å². The Morgan fingerprint density at radius 3 is 2.24 bits per heavy atom. The number of nitrogens with two attached hydrogens (primary N) is 1. The Morgan fingerprint density at radius 2 is 1.67 bits per heavy atom. The Kier molecular flexibility index (Phi) is 4.20. The lowest BCUT2D eigenvalue weighted by atomic mass is 10.2. The van der Waals surface area contributed by atoms with Gasteiger partial charge in [-0.3, -0.25) is 4.79 Å². The Hall–Kier alpha value is -2.05. The van der Waals surface area contributed by atoms with Gasteiger partial charge in [0.2, 0.25) is 15.7 Å². The molecule has 0 bridgehead atoms. The van der Waals surface area contributed by atoms with E-state index in [9.17, 15) is 13.2 Å². The zero-order valence-corrected chi connectivity index (χ0v) is 12.7. The molecule has 1 amide bonds. The van der Waals surface area contributed by atoms with Gasteiger partial charge in [0.25, 0.3) is 0 Å². The van der Waals surface area contributed by atoms with E-state index < -0.39 is 9.84 Å². The van der Waals surface area contributed by atoms with Crippen LogP contribution in [0.4, 0.5) is 11.4 Å². The summed E-state index contributed by atoms with van der Waals surface area (Å²) < 4.78 is 25.0. The van der Waals surface area contributed by atoms with E-state index >= 15 is 0 Å². The lowest BCUT2D eigenvalue weighted by Gasteiger charge is -2.10. The molecule has 0 saturated heterocycles. The topological polar surface area (TPSA) is 89.3 Å². The van der Waals surface area contributed by atoms with Crippen LogP contribution < -0.4 is 11.1 Å². The molecule has 0 saturated carbocycles. The molecule has 110 valence electrons. The van der Waals surface area contributed by atoms with E-state index in [-0.39, 0.29) is 21.4 Å². The Labute approximate surface area is 127 Å². The smallest absolute Gasteiger partial charge is 0.221 e. The molecule has 0 radical (unpaired) electrons. The minimum Gasteiger partial charge on any atom is -0.397 e. The molecule has 0 aromatic heterocycles. The van der Waals surface area contributed by atoms with Crippen LogP contribution in [0.2, 0.25) is 5.02 Å². The van der Waals surface area contributed by atoms with Crippen molar-refractivity contribution in [1.29, 1.82) is 0 Å². The third kappa shape index (κ3) is 3.34. The molecule has 0 heterocycles. The first-order chi connectivity index (χ1) is 9.80. The van der Waals surface area contributed by atoms with Gasteiger partial charge in [0.05, 0.1) is 21.2 Å². The van der Waals surface area contributed by atoms with Gasteiger partial charge >= 0.3 is 0 Å².